The summed E-state index contributed by atoms with van der Waals surface area (Å²) in [6.45, 7) is 1.50. The van der Waals surface area contributed by atoms with Gasteiger partial charge < -0.3 is 9.40 Å². The van der Waals surface area contributed by atoms with E-state index in [0.29, 0.717) is 5.02 Å². The van der Waals surface area contributed by atoms with E-state index in [2.05, 4.69) is 15.2 Å². The van der Waals surface area contributed by atoms with E-state index in [1.54, 1.807) is 30.3 Å². The number of alkyl halides is 1. The van der Waals surface area contributed by atoms with Gasteiger partial charge in [-0.2, -0.15) is 0 Å². The highest BCUT2D eigenvalue weighted by Crippen LogP contribution is 2.49. The molecule has 9 heteroatoms. The molecule has 0 amide bonds. The number of nitrogens with one attached hydrogen (secondary N) is 1. The Morgan fingerprint density at radius 3 is 2.63 bits per heavy atom. The van der Waals surface area contributed by atoms with E-state index in [-0.39, 0.29) is 23.6 Å². The molecule has 1 N–H and O–H groups in total. The van der Waals surface area contributed by atoms with Crippen molar-refractivity contribution in [3.8, 4) is 0 Å². The molecule has 6 nitrogen and oxygen atoms in total. The number of hydrogen-bond donors (Lipinski definition) is 1. The Hall–Kier alpha value is -2.71. The SMILES string of the molecule is Cc1nnc([C@@](F)([C@@H]2Cc3[nH]c4ccc(Cl)cc4c3C2)S(=O)(=O)c2ccccc2)o1. The van der Waals surface area contributed by atoms with Crippen molar-refractivity contribution in [3.63, 3.8) is 0 Å². The zero-order valence-electron chi connectivity index (χ0n) is 15.9. The summed E-state index contributed by atoms with van der Waals surface area (Å²) in [7, 11) is -4.48. The standard InChI is InChI=1S/C21H17ClFN3O3S/c1-12-25-26-20(29-12)21(23,30(27,28)15-5-3-2-4-6-15)13-9-16-17-11-14(22)7-8-18(17)24-19(16)10-13/h2-8,11,13,24H,9-10H2,1H3/t13-,21+/m0/s1. The van der Waals surface area contributed by atoms with E-state index < -0.39 is 26.6 Å². The van der Waals surface area contributed by atoms with Crippen LogP contribution in [0.3, 0.4) is 0 Å². The summed E-state index contributed by atoms with van der Waals surface area (Å²) in [4.78, 5) is 3.13. The van der Waals surface area contributed by atoms with Crippen LogP contribution >= 0.6 is 11.6 Å². The monoisotopic (exact) mass is 445 g/mol. The van der Waals surface area contributed by atoms with E-state index in [1.807, 2.05) is 6.07 Å². The van der Waals surface area contributed by atoms with Gasteiger partial charge in [-0.05, 0) is 48.7 Å². The molecule has 30 heavy (non-hydrogen) atoms. The Labute approximate surface area is 177 Å². The van der Waals surface area contributed by atoms with Gasteiger partial charge in [-0.3, -0.25) is 0 Å². The van der Waals surface area contributed by atoms with Crippen LogP contribution in [0.5, 0.6) is 0 Å². The molecule has 0 radical (unpaired) electrons. The first-order valence-corrected chi connectivity index (χ1v) is 11.2. The minimum absolute atomic E-state index is 0.101. The lowest BCUT2D eigenvalue weighted by Gasteiger charge is -2.28. The summed E-state index contributed by atoms with van der Waals surface area (Å²) in [6, 6.07) is 13.0. The molecule has 0 aliphatic heterocycles. The lowest BCUT2D eigenvalue weighted by Crippen LogP contribution is -2.40. The second kappa shape index (κ2) is 6.65. The zero-order valence-corrected chi connectivity index (χ0v) is 17.5. The van der Waals surface area contributed by atoms with Crippen LogP contribution in [0.25, 0.3) is 10.9 Å². The predicted molar refractivity (Wildman–Crippen MR) is 110 cm³/mol. The average Bonchev–Trinajstić information content (AvgIpc) is 3.43. The second-order valence-electron chi connectivity index (χ2n) is 7.46. The number of benzene rings is 2. The third-order valence-corrected chi connectivity index (χ3v) is 8.06. The molecule has 0 fully saturated rings. The Morgan fingerprint density at radius 2 is 1.93 bits per heavy atom. The Kier molecular flexibility index (Phi) is 4.27. The fourth-order valence-corrected chi connectivity index (χ4v) is 6.17. The zero-order chi connectivity index (χ0) is 21.1. The summed E-state index contributed by atoms with van der Waals surface area (Å²) in [5, 5.41) is 6.01. The largest absolute Gasteiger partial charge is 0.421 e. The van der Waals surface area contributed by atoms with Gasteiger partial charge in [-0.1, -0.05) is 29.8 Å². The van der Waals surface area contributed by atoms with Gasteiger partial charge in [-0.25, -0.2) is 12.8 Å². The number of aromatic amines is 1. The first-order valence-electron chi connectivity index (χ1n) is 9.39. The minimum Gasteiger partial charge on any atom is -0.421 e. The summed E-state index contributed by atoms with van der Waals surface area (Å²) in [5.74, 6) is -1.38. The fourth-order valence-electron chi connectivity index (χ4n) is 4.23. The normalized spacial score (nSPS) is 18.4. The molecule has 1 aliphatic rings. The number of nitrogens with zero attached hydrogens (tertiary/aromatic N) is 2. The molecule has 1 aliphatic carbocycles. The summed E-state index contributed by atoms with van der Waals surface area (Å²) in [5.41, 5.74) is 2.53. The molecule has 0 unspecified atom stereocenters. The maximum absolute atomic E-state index is 16.8. The molecule has 0 spiro atoms. The summed E-state index contributed by atoms with van der Waals surface area (Å²) < 4.78 is 49.2. The van der Waals surface area contributed by atoms with Gasteiger partial charge in [0.25, 0.3) is 10.9 Å². The molecule has 0 saturated carbocycles. The van der Waals surface area contributed by atoms with Crippen LogP contribution in [-0.2, 0) is 27.7 Å². The average molecular weight is 446 g/mol. The number of aromatic nitrogens is 3. The van der Waals surface area contributed by atoms with Gasteiger partial charge in [0.15, 0.2) is 0 Å². The van der Waals surface area contributed by atoms with E-state index in [9.17, 15) is 8.42 Å². The van der Waals surface area contributed by atoms with Crippen LogP contribution in [0, 0.1) is 12.8 Å². The first kappa shape index (κ1) is 19.3. The molecule has 2 aromatic carbocycles. The second-order valence-corrected chi connectivity index (χ2v) is 9.97. The number of sulfone groups is 1. The van der Waals surface area contributed by atoms with Crippen molar-refractivity contribution in [2.45, 2.75) is 29.7 Å². The highest BCUT2D eigenvalue weighted by Gasteiger charge is 2.59. The van der Waals surface area contributed by atoms with Gasteiger partial charge in [0.2, 0.25) is 15.7 Å². The number of fused-ring (bicyclic) bond motifs is 3. The predicted octanol–water partition coefficient (Wildman–Crippen LogP) is 4.52. The van der Waals surface area contributed by atoms with Crippen molar-refractivity contribution in [2.75, 3.05) is 0 Å². The Bertz CT molecular complexity index is 1370. The van der Waals surface area contributed by atoms with Crippen molar-refractivity contribution in [3.05, 3.63) is 76.6 Å². The van der Waals surface area contributed by atoms with E-state index in [4.69, 9.17) is 16.0 Å². The van der Waals surface area contributed by atoms with E-state index in [0.717, 1.165) is 22.2 Å². The fraction of sp³-hybridized carbons (Fsp3) is 0.238. The third kappa shape index (κ3) is 2.70. The molecule has 2 heterocycles. The van der Waals surface area contributed by atoms with Gasteiger partial charge in [0.1, 0.15) is 0 Å². The van der Waals surface area contributed by atoms with Gasteiger partial charge in [0.05, 0.1) is 4.90 Å². The van der Waals surface area contributed by atoms with E-state index >= 15 is 4.39 Å². The van der Waals surface area contributed by atoms with Crippen LogP contribution in [0.2, 0.25) is 5.02 Å². The molecule has 154 valence electrons. The van der Waals surface area contributed by atoms with Crippen LogP contribution in [0.1, 0.15) is 23.0 Å². The number of aryl methyl sites for hydroxylation is 1. The van der Waals surface area contributed by atoms with Crippen LogP contribution in [0.15, 0.2) is 57.8 Å². The number of hydrogen-bond acceptors (Lipinski definition) is 5. The van der Waals surface area contributed by atoms with Crippen LogP contribution in [-0.4, -0.2) is 23.6 Å². The van der Waals surface area contributed by atoms with Gasteiger partial charge in [-0.15, -0.1) is 10.2 Å². The van der Waals surface area contributed by atoms with Gasteiger partial charge >= 0.3 is 0 Å². The maximum atomic E-state index is 16.8. The van der Waals surface area contributed by atoms with Crippen molar-refractivity contribution in [1.29, 1.82) is 0 Å². The first-order chi connectivity index (χ1) is 14.3. The molecule has 2 aromatic heterocycles. The van der Waals surface area contributed by atoms with Crippen molar-refractivity contribution >= 4 is 32.3 Å². The van der Waals surface area contributed by atoms with Crippen molar-refractivity contribution in [2.24, 2.45) is 5.92 Å². The number of halogens is 2. The van der Waals surface area contributed by atoms with Crippen molar-refractivity contribution < 1.29 is 17.2 Å². The Morgan fingerprint density at radius 1 is 1.17 bits per heavy atom. The minimum atomic E-state index is -4.48. The Balaban J connectivity index is 1.65. The van der Waals surface area contributed by atoms with Crippen molar-refractivity contribution in [1.82, 2.24) is 15.2 Å². The molecule has 0 bridgehead atoms. The summed E-state index contributed by atoms with van der Waals surface area (Å²) in [6.07, 6.45) is 0.380. The number of H-pyrrole nitrogens is 1. The molecular weight excluding hydrogens is 429 g/mol. The summed E-state index contributed by atoms with van der Waals surface area (Å²) >= 11 is 6.14. The molecular formula is C21H17ClFN3O3S. The lowest BCUT2D eigenvalue weighted by molar-refractivity contribution is 0.137. The smallest absolute Gasteiger partial charge is 0.294 e. The molecule has 4 aromatic rings. The maximum Gasteiger partial charge on any atom is 0.294 e. The molecule has 5 rings (SSSR count). The highest BCUT2D eigenvalue weighted by molar-refractivity contribution is 7.92. The van der Waals surface area contributed by atoms with E-state index in [1.165, 1.54) is 19.1 Å². The highest BCUT2D eigenvalue weighted by atomic mass is 35.5. The van der Waals surface area contributed by atoms with Gasteiger partial charge in [0, 0.05) is 34.5 Å². The number of rotatable bonds is 4. The lowest BCUT2D eigenvalue weighted by atomic mass is 9.98. The topological polar surface area (TPSA) is 88.9 Å². The quantitative estimate of drug-likeness (QED) is 0.498. The third-order valence-electron chi connectivity index (χ3n) is 5.64. The molecule has 2 atom stereocenters. The van der Waals surface area contributed by atoms with Crippen LogP contribution < -0.4 is 0 Å². The molecule has 0 saturated heterocycles. The van der Waals surface area contributed by atoms with Crippen LogP contribution in [0.4, 0.5) is 4.39 Å².